The average Bonchev–Trinajstić information content (AvgIpc) is 1.58. The Kier molecular flexibility index (Phi) is 18.5. The molecule has 0 unspecified atom stereocenters. The molecular formula is C54H84O27S2. The van der Waals surface area contributed by atoms with Crippen LogP contribution in [0.1, 0.15) is 113 Å². The van der Waals surface area contributed by atoms with Crippen molar-refractivity contribution in [2.45, 2.75) is 242 Å². The van der Waals surface area contributed by atoms with Gasteiger partial charge in [-0.25, -0.2) is 8.37 Å². The molecule has 8 fully saturated rings. The Morgan fingerprint density at radius 3 is 2.00 bits per heavy atom. The van der Waals surface area contributed by atoms with Crippen LogP contribution in [0.3, 0.4) is 0 Å². The predicted octanol–water partition coefficient (Wildman–Crippen LogP) is 0.473. The van der Waals surface area contributed by atoms with E-state index >= 15 is 0 Å². The normalized spacial score (nSPS) is 49.0. The van der Waals surface area contributed by atoms with Crippen LogP contribution in [0.2, 0.25) is 0 Å². The summed E-state index contributed by atoms with van der Waals surface area (Å²) in [6.07, 6.45) is -26.3. The summed E-state index contributed by atoms with van der Waals surface area (Å²) >= 11 is 0. The number of Topliss-reactive ketones (excluding diaryl/α,β-unsaturated/α-hetero) is 1. The van der Waals surface area contributed by atoms with Crippen molar-refractivity contribution in [2.24, 2.45) is 39.4 Å². The van der Waals surface area contributed by atoms with Crippen molar-refractivity contribution >= 4 is 32.6 Å². The minimum Gasteiger partial charge on any atom is -0.458 e. The summed E-state index contributed by atoms with van der Waals surface area (Å²) in [4.78, 5) is 28.7. The predicted molar refractivity (Wildman–Crippen MR) is 280 cm³/mol. The number of esters is 1. The topological polar surface area (TPSA) is 395 Å². The van der Waals surface area contributed by atoms with Crippen molar-refractivity contribution in [1.82, 2.24) is 0 Å². The Labute approximate surface area is 483 Å². The van der Waals surface area contributed by atoms with Crippen LogP contribution in [-0.4, -0.2) is 222 Å². The minimum absolute atomic E-state index is 0.00373. The standard InChI is InChI=1S/C54H84O27S2/c1-23(2)12-11-17-53(9)44-28(55)20-52(8)27-13-14-31-50(5,6)32(16-18-51(31,7)26(27)15-19-54(44,52)49(63)80-53)76-48-43(35(58)30(21-71-48)81-83(67,68)69)79-45-37(60)36(59)40(25(4)74-45)77-47-39(62)42(34(57)29(75-47)22-72-82(64,65)66)78-46-38(61)41(70-10)33(56)24(3)73-46/h13,24-26,29-48,56-62H,1,11-12,14-22H2,2-10H3,(H,64,65,66)(H,67,68,69)/t24-,25-,26-,29-,30-,31+,32+,33-,34-,35+,36-,37-,38-,39-,40-,41+,42+,43-,44-,45+,46+,47+,48+,51-,52+,53+,54-/m1/s1. The molecule has 0 aromatic rings. The molecule has 83 heavy (non-hydrogen) atoms. The van der Waals surface area contributed by atoms with Crippen LogP contribution in [0.5, 0.6) is 0 Å². The summed E-state index contributed by atoms with van der Waals surface area (Å²) in [6, 6.07) is 0. The van der Waals surface area contributed by atoms with Gasteiger partial charge in [0.05, 0.1) is 42.9 Å². The van der Waals surface area contributed by atoms with E-state index in [9.17, 15) is 71.3 Å². The number of aliphatic hydroxyl groups is 7. The van der Waals surface area contributed by atoms with Gasteiger partial charge in [-0.3, -0.25) is 18.7 Å². The first-order valence-corrected chi connectivity index (χ1v) is 31.1. The summed E-state index contributed by atoms with van der Waals surface area (Å²) in [6.45, 7) is 17.4. The lowest BCUT2D eigenvalue weighted by atomic mass is 9.41. The van der Waals surface area contributed by atoms with Gasteiger partial charge in [0.1, 0.15) is 90.7 Å². The maximum Gasteiger partial charge on any atom is 0.397 e. The zero-order chi connectivity index (χ0) is 61.1. The van der Waals surface area contributed by atoms with Gasteiger partial charge < -0.3 is 83.1 Å². The third-order valence-corrected chi connectivity index (χ3v) is 21.2. The van der Waals surface area contributed by atoms with E-state index in [0.29, 0.717) is 38.5 Å². The van der Waals surface area contributed by atoms with Crippen LogP contribution in [0.25, 0.3) is 0 Å². The summed E-state index contributed by atoms with van der Waals surface area (Å²) in [5.41, 5.74) is -1.57. The van der Waals surface area contributed by atoms with E-state index in [4.69, 9.17) is 51.6 Å². The molecule has 9 rings (SSSR count). The molecule has 27 atom stereocenters. The summed E-state index contributed by atoms with van der Waals surface area (Å²) in [5.74, 6) is -0.874. The molecule has 27 nitrogen and oxygen atoms in total. The van der Waals surface area contributed by atoms with Crippen LogP contribution in [0, 0.1) is 39.4 Å². The zero-order valence-corrected chi connectivity index (χ0v) is 49.7. The van der Waals surface area contributed by atoms with Gasteiger partial charge in [-0.05, 0) is 102 Å². The molecule has 0 aromatic heterocycles. The molecule has 474 valence electrons. The number of ether oxygens (including phenoxy) is 10. The number of fused-ring (bicyclic) bond motifs is 4. The number of cyclic esters (lactones) is 1. The number of allylic oxidation sites excluding steroid dienone is 3. The van der Waals surface area contributed by atoms with Crippen molar-refractivity contribution < 1.29 is 127 Å². The zero-order valence-electron chi connectivity index (χ0n) is 48.0. The summed E-state index contributed by atoms with van der Waals surface area (Å²) in [5, 5.41) is 79.6. The van der Waals surface area contributed by atoms with E-state index in [1.807, 2.05) is 13.8 Å². The van der Waals surface area contributed by atoms with E-state index in [-0.39, 0.29) is 35.4 Å². The van der Waals surface area contributed by atoms with Gasteiger partial charge >= 0.3 is 26.8 Å². The molecule has 29 heteroatoms. The van der Waals surface area contributed by atoms with Crippen molar-refractivity contribution in [1.29, 1.82) is 0 Å². The second-order valence-electron chi connectivity index (χ2n) is 25.8. The molecule has 9 N–H and O–H groups in total. The number of rotatable bonds is 18. The van der Waals surface area contributed by atoms with E-state index in [2.05, 4.69) is 44.5 Å². The largest absolute Gasteiger partial charge is 0.458 e. The van der Waals surface area contributed by atoms with Crippen LogP contribution in [0.15, 0.2) is 23.8 Å². The number of hydrogen-bond acceptors (Lipinski definition) is 25. The van der Waals surface area contributed by atoms with Gasteiger partial charge in [0.15, 0.2) is 25.2 Å². The Bertz CT molecular complexity index is 2680. The molecule has 5 aliphatic heterocycles. The highest BCUT2D eigenvalue weighted by atomic mass is 32.3. The highest BCUT2D eigenvalue weighted by Crippen LogP contribution is 2.75. The van der Waals surface area contributed by atoms with Gasteiger partial charge in [0.2, 0.25) is 0 Å². The molecular weight excluding hydrogens is 1140 g/mol. The number of carbonyl (C=O) groups is 2. The van der Waals surface area contributed by atoms with Crippen molar-refractivity contribution in [3.05, 3.63) is 23.8 Å². The second kappa shape index (κ2) is 23.6. The highest BCUT2D eigenvalue weighted by molar-refractivity contribution is 7.81. The Morgan fingerprint density at radius 1 is 0.723 bits per heavy atom. The van der Waals surface area contributed by atoms with Crippen LogP contribution in [-0.2, 0) is 86.1 Å². The number of hydrogen-bond donors (Lipinski definition) is 9. The molecule has 9 aliphatic rings. The number of carbonyl (C=O) groups excluding carboxylic acids is 2. The lowest BCUT2D eigenvalue weighted by Gasteiger charge is -2.63. The van der Waals surface area contributed by atoms with Crippen LogP contribution >= 0.6 is 0 Å². The molecule has 5 heterocycles. The average molecular weight is 1230 g/mol. The van der Waals surface area contributed by atoms with Gasteiger partial charge in [-0.1, -0.05) is 44.9 Å². The fourth-order valence-electron chi connectivity index (χ4n) is 16.1. The fraction of sp³-hybridized carbons (Fsp3) is 0.889. The Morgan fingerprint density at radius 2 is 1.35 bits per heavy atom. The monoisotopic (exact) mass is 1230 g/mol. The van der Waals surface area contributed by atoms with Crippen LogP contribution < -0.4 is 0 Å². The van der Waals surface area contributed by atoms with Crippen molar-refractivity contribution in [3.8, 4) is 0 Å². The van der Waals surface area contributed by atoms with Gasteiger partial charge in [-0.2, -0.15) is 16.8 Å². The molecule has 4 aliphatic carbocycles. The van der Waals surface area contributed by atoms with E-state index in [0.717, 1.165) is 24.0 Å². The molecule has 1 spiro atoms. The number of ketones is 1. The van der Waals surface area contributed by atoms with Gasteiger partial charge in [0, 0.05) is 18.9 Å². The second-order valence-corrected chi connectivity index (χ2v) is 27.9. The maximum atomic E-state index is 14.4. The lowest BCUT2D eigenvalue weighted by molar-refractivity contribution is -0.388. The molecule has 3 saturated carbocycles. The Balaban J connectivity index is 0.916. The Hall–Kier alpha value is -2.28. The lowest BCUT2D eigenvalue weighted by Crippen LogP contribution is -2.67. The van der Waals surface area contributed by atoms with E-state index < -0.39 is 185 Å². The van der Waals surface area contributed by atoms with E-state index in [1.54, 1.807) is 0 Å². The van der Waals surface area contributed by atoms with Crippen molar-refractivity contribution in [3.63, 3.8) is 0 Å². The molecule has 5 saturated heterocycles. The van der Waals surface area contributed by atoms with Crippen LogP contribution in [0.4, 0.5) is 0 Å². The first-order chi connectivity index (χ1) is 38.5. The van der Waals surface area contributed by atoms with Crippen molar-refractivity contribution in [2.75, 3.05) is 20.3 Å². The maximum absolute atomic E-state index is 14.4. The third-order valence-electron chi connectivity index (χ3n) is 20.3. The molecule has 0 radical (unpaired) electrons. The first-order valence-electron chi connectivity index (χ1n) is 28.4. The number of methoxy groups -OCH3 is 1. The summed E-state index contributed by atoms with van der Waals surface area (Å²) in [7, 11) is -9.16. The highest BCUT2D eigenvalue weighted by Gasteiger charge is 2.79. The summed E-state index contributed by atoms with van der Waals surface area (Å²) < 4.78 is 135. The quantitative estimate of drug-likeness (QED) is 0.0512. The SMILES string of the molecule is C=C(C)CCC[C@]1(C)OC(=O)[C@]23CC[C@@H]4C(=CC[C@H]5C(C)(C)[C@@H](O[C@@H]6OC[C@@H](OS(=O)(=O)O)[C@H](O)[C@H]6O[C@@H]6O[C@H](C)[C@@H](O[C@@H]7O[C@H](COS(=O)(=O)O)[C@@H](O)[C@H](O[C@@H]8O[C@H](C)[C@@H](O)[C@H](OC)[C@H]8O)[C@H]7O)[C@H](O)[C@H]6O)CC[C@]45C)[C@]2(C)CC(=O)[C@@H]31. The molecule has 0 amide bonds. The fourth-order valence-corrected chi connectivity index (χ4v) is 16.9. The smallest absolute Gasteiger partial charge is 0.397 e. The number of aliphatic hydroxyl groups excluding tert-OH is 7. The third kappa shape index (κ3) is 11.7. The molecule has 0 bridgehead atoms. The minimum atomic E-state index is -5.21. The first kappa shape index (κ1) is 65.2. The van der Waals surface area contributed by atoms with Gasteiger partial charge in [-0.15, -0.1) is 6.58 Å². The van der Waals surface area contributed by atoms with Gasteiger partial charge in [0.25, 0.3) is 0 Å². The molecule has 0 aromatic carbocycles. The van der Waals surface area contributed by atoms with E-state index in [1.165, 1.54) is 21.0 Å².